The Bertz CT molecular complexity index is 602. The lowest BCUT2D eigenvalue weighted by Crippen LogP contribution is -2.28. The number of aryl methyl sites for hydroxylation is 1. The highest BCUT2D eigenvalue weighted by Gasteiger charge is 2.48. The van der Waals surface area contributed by atoms with Crippen LogP contribution in [0.25, 0.3) is 0 Å². The quantitative estimate of drug-likeness (QED) is 0.810. The van der Waals surface area contributed by atoms with Crippen LogP contribution >= 0.6 is 0 Å². The summed E-state index contributed by atoms with van der Waals surface area (Å²) in [4.78, 5) is 0.368. The van der Waals surface area contributed by atoms with Crippen LogP contribution in [0, 0.1) is 5.41 Å². The largest absolute Gasteiger partial charge is 0.349 e. The molecule has 1 aromatic rings. The number of nitrogens with zero attached hydrogens (tertiary/aromatic N) is 1. The summed E-state index contributed by atoms with van der Waals surface area (Å²) in [7, 11) is -3.42. The lowest BCUT2D eigenvalue weighted by molar-refractivity contribution is 0.554. The van der Waals surface area contributed by atoms with E-state index in [0.717, 1.165) is 18.7 Å². The fourth-order valence-corrected chi connectivity index (χ4v) is 3.82. The molecular weight excluding hydrogens is 286 g/mol. The van der Waals surface area contributed by atoms with Crippen molar-refractivity contribution in [2.24, 2.45) is 5.41 Å². The van der Waals surface area contributed by atoms with Crippen molar-refractivity contribution in [1.29, 1.82) is 0 Å². The van der Waals surface area contributed by atoms with Crippen molar-refractivity contribution in [1.82, 2.24) is 14.6 Å². The smallest absolute Gasteiger partial charge is 0.242 e. The van der Waals surface area contributed by atoms with Crippen molar-refractivity contribution in [3.63, 3.8) is 0 Å². The van der Waals surface area contributed by atoms with Gasteiger partial charge in [0.2, 0.25) is 10.0 Å². The molecule has 1 heterocycles. The van der Waals surface area contributed by atoms with Crippen LogP contribution in [0.4, 0.5) is 0 Å². The molecule has 0 radical (unpaired) electrons. The maximum absolute atomic E-state index is 12.4. The molecule has 0 aromatic carbocycles. The first kappa shape index (κ1) is 16.5. The minimum Gasteiger partial charge on any atom is -0.349 e. The van der Waals surface area contributed by atoms with Gasteiger partial charge in [0.05, 0.1) is 4.90 Å². The highest BCUT2D eigenvalue weighted by Crippen LogP contribution is 2.45. The average Bonchev–Trinajstić information content (AvgIpc) is 2.80. The molecule has 5 nitrogen and oxygen atoms in total. The molecule has 2 rings (SSSR count). The monoisotopic (exact) mass is 313 g/mol. The molecule has 21 heavy (non-hydrogen) atoms. The van der Waals surface area contributed by atoms with Gasteiger partial charge in [0.1, 0.15) is 0 Å². The second-order valence-corrected chi connectivity index (χ2v) is 8.57. The van der Waals surface area contributed by atoms with Crippen molar-refractivity contribution in [2.45, 2.75) is 71.1 Å². The minimum absolute atomic E-state index is 0.0599. The maximum Gasteiger partial charge on any atom is 0.242 e. The number of hydrogen-bond donors (Lipinski definition) is 2. The molecule has 6 heteroatoms. The highest BCUT2D eigenvalue weighted by atomic mass is 32.2. The molecule has 0 aliphatic heterocycles. The standard InChI is InChI=1S/C15H27N3O2S/c1-6-18-10-13(7-12(18)9-16-11(2)3)21(19,20)17-14-8-15(14,4)5/h7,10-11,14,16-17H,6,8-9H2,1-5H3. The van der Waals surface area contributed by atoms with E-state index in [9.17, 15) is 8.42 Å². The molecule has 1 aliphatic carbocycles. The summed E-state index contributed by atoms with van der Waals surface area (Å²) in [6, 6.07) is 2.21. The normalized spacial score (nSPS) is 21.0. The van der Waals surface area contributed by atoms with E-state index in [-0.39, 0.29) is 11.5 Å². The third kappa shape index (κ3) is 3.87. The number of hydrogen-bond acceptors (Lipinski definition) is 3. The van der Waals surface area contributed by atoms with Gasteiger partial charge < -0.3 is 9.88 Å². The van der Waals surface area contributed by atoms with Gasteiger partial charge in [-0.2, -0.15) is 0 Å². The average molecular weight is 313 g/mol. The van der Waals surface area contributed by atoms with Crippen LogP contribution in [-0.2, 0) is 23.1 Å². The lowest BCUT2D eigenvalue weighted by Gasteiger charge is -2.09. The number of sulfonamides is 1. The Morgan fingerprint density at radius 1 is 1.43 bits per heavy atom. The Balaban J connectivity index is 2.15. The molecule has 2 N–H and O–H groups in total. The van der Waals surface area contributed by atoms with Crippen LogP contribution in [0.1, 0.15) is 46.7 Å². The second-order valence-electron chi connectivity index (χ2n) is 6.86. The topological polar surface area (TPSA) is 63.1 Å². The maximum atomic E-state index is 12.4. The fourth-order valence-electron chi connectivity index (χ4n) is 2.35. The molecule has 0 spiro atoms. The van der Waals surface area contributed by atoms with Crippen LogP contribution in [0.15, 0.2) is 17.2 Å². The molecule has 1 aromatic heterocycles. The van der Waals surface area contributed by atoms with Gasteiger partial charge in [-0.1, -0.05) is 27.7 Å². The predicted molar refractivity (Wildman–Crippen MR) is 84.6 cm³/mol. The Hall–Kier alpha value is -0.850. The van der Waals surface area contributed by atoms with Gasteiger partial charge in [0.15, 0.2) is 0 Å². The summed E-state index contributed by atoms with van der Waals surface area (Å²) in [6.45, 7) is 11.8. The summed E-state index contributed by atoms with van der Waals surface area (Å²) < 4.78 is 29.7. The molecule has 1 saturated carbocycles. The van der Waals surface area contributed by atoms with E-state index < -0.39 is 10.0 Å². The van der Waals surface area contributed by atoms with Crippen LogP contribution in [0.2, 0.25) is 0 Å². The van der Waals surface area contributed by atoms with Gasteiger partial charge in [0.25, 0.3) is 0 Å². The Morgan fingerprint density at radius 3 is 2.52 bits per heavy atom. The zero-order chi connectivity index (χ0) is 15.8. The van der Waals surface area contributed by atoms with Crippen molar-refractivity contribution in [3.8, 4) is 0 Å². The van der Waals surface area contributed by atoms with Crippen molar-refractivity contribution < 1.29 is 8.42 Å². The van der Waals surface area contributed by atoms with Crippen molar-refractivity contribution >= 4 is 10.0 Å². The van der Waals surface area contributed by atoms with Gasteiger partial charge in [-0.15, -0.1) is 0 Å². The highest BCUT2D eigenvalue weighted by molar-refractivity contribution is 7.89. The molecule has 1 fully saturated rings. The molecule has 0 bridgehead atoms. The zero-order valence-electron chi connectivity index (χ0n) is 13.6. The third-order valence-corrected chi connectivity index (χ3v) is 5.55. The van der Waals surface area contributed by atoms with Crippen molar-refractivity contribution in [3.05, 3.63) is 18.0 Å². The van der Waals surface area contributed by atoms with Gasteiger partial charge in [-0.05, 0) is 24.8 Å². The van der Waals surface area contributed by atoms with Gasteiger partial charge in [-0.3, -0.25) is 0 Å². The molecule has 1 atom stereocenters. The van der Waals surface area contributed by atoms with Crippen LogP contribution < -0.4 is 10.0 Å². The minimum atomic E-state index is -3.42. The van der Waals surface area contributed by atoms with E-state index in [1.54, 1.807) is 12.3 Å². The first-order chi connectivity index (χ1) is 9.65. The van der Waals surface area contributed by atoms with E-state index in [4.69, 9.17) is 0 Å². The SMILES string of the molecule is CCn1cc(S(=O)(=O)NC2CC2(C)C)cc1CNC(C)C. The van der Waals surface area contributed by atoms with E-state index >= 15 is 0 Å². The number of nitrogens with one attached hydrogen (secondary N) is 2. The molecule has 0 saturated heterocycles. The van der Waals surface area contributed by atoms with Gasteiger partial charge >= 0.3 is 0 Å². The van der Waals surface area contributed by atoms with Crippen LogP contribution in [0.5, 0.6) is 0 Å². The van der Waals surface area contributed by atoms with Crippen molar-refractivity contribution in [2.75, 3.05) is 0 Å². The van der Waals surface area contributed by atoms with Gasteiger partial charge in [-0.25, -0.2) is 13.1 Å². The number of rotatable bonds is 7. The predicted octanol–water partition coefficient (Wildman–Crippen LogP) is 2.08. The van der Waals surface area contributed by atoms with E-state index in [2.05, 4.69) is 37.7 Å². The van der Waals surface area contributed by atoms with E-state index in [0.29, 0.717) is 17.5 Å². The first-order valence-electron chi connectivity index (χ1n) is 7.60. The third-order valence-electron chi connectivity index (χ3n) is 4.11. The molecular formula is C15H27N3O2S. The van der Waals surface area contributed by atoms with Crippen LogP contribution in [-0.4, -0.2) is 25.1 Å². The molecule has 1 unspecified atom stereocenters. The lowest BCUT2D eigenvalue weighted by atomic mass is 10.2. The zero-order valence-corrected chi connectivity index (χ0v) is 14.4. The summed E-state index contributed by atoms with van der Waals surface area (Å²) in [5, 5.41) is 3.33. The Kier molecular flexibility index (Phi) is 4.52. The number of aromatic nitrogens is 1. The first-order valence-corrected chi connectivity index (χ1v) is 9.09. The summed E-state index contributed by atoms with van der Waals surface area (Å²) in [5.41, 5.74) is 1.09. The summed E-state index contributed by atoms with van der Waals surface area (Å²) >= 11 is 0. The molecule has 1 aliphatic rings. The Morgan fingerprint density at radius 2 is 2.05 bits per heavy atom. The van der Waals surface area contributed by atoms with Crippen LogP contribution in [0.3, 0.4) is 0 Å². The fraction of sp³-hybridized carbons (Fsp3) is 0.733. The van der Waals surface area contributed by atoms with E-state index in [1.165, 1.54) is 0 Å². The second kappa shape index (κ2) is 5.74. The van der Waals surface area contributed by atoms with E-state index in [1.807, 2.05) is 11.5 Å². The van der Waals surface area contributed by atoms with Gasteiger partial charge in [0, 0.05) is 37.1 Å². The molecule has 120 valence electrons. The summed E-state index contributed by atoms with van der Waals surface area (Å²) in [5.74, 6) is 0. The Labute approximate surface area is 128 Å². The summed E-state index contributed by atoms with van der Waals surface area (Å²) in [6.07, 6.45) is 2.64. The molecule has 0 amide bonds.